The van der Waals surface area contributed by atoms with E-state index in [4.69, 9.17) is 4.98 Å². The van der Waals surface area contributed by atoms with Crippen LogP contribution in [-0.2, 0) is 0 Å². The minimum absolute atomic E-state index is 0.960. The van der Waals surface area contributed by atoms with E-state index >= 15 is 0 Å². The summed E-state index contributed by atoms with van der Waals surface area (Å²) in [6.45, 7) is 0. The van der Waals surface area contributed by atoms with Gasteiger partial charge in [0.2, 0.25) is 0 Å². The molecule has 3 heterocycles. The smallest absolute Gasteiger partial charge is 0.145 e. The van der Waals surface area contributed by atoms with Crippen molar-refractivity contribution < 1.29 is 0 Å². The normalized spacial score (nSPS) is 11.6. The van der Waals surface area contributed by atoms with Crippen LogP contribution in [0.5, 0.6) is 0 Å². The van der Waals surface area contributed by atoms with Crippen molar-refractivity contribution in [3.05, 3.63) is 212 Å². The minimum atomic E-state index is 0.960. The third kappa shape index (κ3) is 5.25. The molecular weight excluding hydrogens is 679 g/mol. The Kier molecular flexibility index (Phi) is 7.49. The first-order valence-electron chi connectivity index (χ1n) is 19.1. The van der Waals surface area contributed by atoms with E-state index in [1.807, 2.05) is 12.3 Å². The average molecular weight is 714 g/mol. The van der Waals surface area contributed by atoms with Gasteiger partial charge in [-0.3, -0.25) is 4.57 Å². The third-order valence-corrected chi connectivity index (χ3v) is 11.1. The van der Waals surface area contributed by atoms with Gasteiger partial charge in [0, 0.05) is 44.7 Å². The number of fused-ring (bicyclic) bond motifs is 6. The van der Waals surface area contributed by atoms with Crippen molar-refractivity contribution >= 4 is 43.7 Å². The lowest BCUT2D eigenvalue weighted by Gasteiger charge is -2.15. The maximum Gasteiger partial charge on any atom is 0.145 e. The maximum absolute atomic E-state index is 4.87. The van der Waals surface area contributed by atoms with Crippen LogP contribution < -0.4 is 0 Å². The number of aromatic nitrogens is 3. The molecule has 0 saturated heterocycles. The number of rotatable bonds is 6. The summed E-state index contributed by atoms with van der Waals surface area (Å²) >= 11 is 0. The zero-order valence-corrected chi connectivity index (χ0v) is 30.5. The average Bonchev–Trinajstić information content (AvgIpc) is 3.80. The van der Waals surface area contributed by atoms with Crippen molar-refractivity contribution in [2.45, 2.75) is 0 Å². The standard InChI is InChI=1S/C53H35N3/c1-4-15-36(16-5-1)40-31-41(37-17-6-2-7-18-37)33-42(32-40)38-19-12-22-44(34-38)55-50-27-11-10-23-46(50)48-25-13-24-45(52(48)55)39-28-29-47-49-26-14-30-54-53(49)56(51(47)35-39)43-20-8-3-9-21-43/h1-35H. The van der Waals surface area contributed by atoms with Crippen LogP contribution in [0.25, 0.3) is 99.6 Å². The lowest BCUT2D eigenvalue weighted by molar-refractivity contribution is 1.14. The van der Waals surface area contributed by atoms with Gasteiger partial charge in [0.25, 0.3) is 0 Å². The molecular formula is C53H35N3. The number of hydrogen-bond acceptors (Lipinski definition) is 1. The lowest BCUT2D eigenvalue weighted by atomic mass is 9.93. The molecule has 0 aliphatic rings. The van der Waals surface area contributed by atoms with E-state index in [2.05, 4.69) is 209 Å². The van der Waals surface area contributed by atoms with Gasteiger partial charge in [-0.15, -0.1) is 0 Å². The molecule has 262 valence electrons. The summed E-state index contributed by atoms with van der Waals surface area (Å²) < 4.78 is 4.75. The fourth-order valence-corrected chi connectivity index (χ4v) is 8.58. The number of benzene rings is 8. The first-order valence-corrected chi connectivity index (χ1v) is 19.1. The Hall–Kier alpha value is -7.49. The van der Waals surface area contributed by atoms with Gasteiger partial charge >= 0.3 is 0 Å². The molecule has 3 nitrogen and oxygen atoms in total. The Morgan fingerprint density at radius 1 is 0.304 bits per heavy atom. The first-order chi connectivity index (χ1) is 27.8. The molecule has 11 aromatic rings. The van der Waals surface area contributed by atoms with Crippen LogP contribution in [0, 0.1) is 0 Å². The molecule has 0 amide bonds. The molecule has 3 aromatic heterocycles. The molecule has 8 aromatic carbocycles. The van der Waals surface area contributed by atoms with Gasteiger partial charge in [0.1, 0.15) is 5.65 Å². The fourth-order valence-electron chi connectivity index (χ4n) is 8.58. The quantitative estimate of drug-likeness (QED) is 0.168. The Labute approximate surface area is 325 Å². The van der Waals surface area contributed by atoms with Crippen molar-refractivity contribution in [3.8, 4) is 55.9 Å². The summed E-state index contributed by atoms with van der Waals surface area (Å²) in [5.74, 6) is 0. The second-order valence-corrected chi connectivity index (χ2v) is 14.4. The third-order valence-electron chi connectivity index (χ3n) is 11.1. The molecule has 0 unspecified atom stereocenters. The second kappa shape index (κ2) is 13.1. The van der Waals surface area contributed by atoms with Gasteiger partial charge in [-0.05, 0) is 106 Å². The molecule has 0 aliphatic heterocycles. The van der Waals surface area contributed by atoms with Crippen LogP contribution in [0.3, 0.4) is 0 Å². The Morgan fingerprint density at radius 2 is 0.875 bits per heavy atom. The SMILES string of the molecule is c1ccc(-c2cc(-c3ccccc3)cc(-c3cccc(-n4c5ccccc5c5cccc(-c6ccc7c8cccnc8n(-c8ccccc8)c7c6)c54)c3)c2)cc1. The zero-order chi connectivity index (χ0) is 37.0. The summed E-state index contributed by atoms with van der Waals surface area (Å²) in [4.78, 5) is 4.87. The number of nitrogens with zero attached hydrogens (tertiary/aromatic N) is 3. The molecule has 0 N–H and O–H groups in total. The van der Waals surface area contributed by atoms with Gasteiger partial charge in [0.15, 0.2) is 0 Å². The summed E-state index contributed by atoms with van der Waals surface area (Å²) in [5.41, 5.74) is 16.2. The van der Waals surface area contributed by atoms with E-state index in [1.54, 1.807) is 0 Å². The first kappa shape index (κ1) is 32.0. The summed E-state index contributed by atoms with van der Waals surface area (Å²) in [7, 11) is 0. The van der Waals surface area contributed by atoms with E-state index in [0.29, 0.717) is 0 Å². The van der Waals surface area contributed by atoms with Crippen LogP contribution in [-0.4, -0.2) is 14.1 Å². The van der Waals surface area contributed by atoms with Crippen LogP contribution in [0.1, 0.15) is 0 Å². The second-order valence-electron chi connectivity index (χ2n) is 14.4. The predicted octanol–water partition coefficient (Wildman–Crippen LogP) is 13.9. The lowest BCUT2D eigenvalue weighted by Crippen LogP contribution is -1.97. The van der Waals surface area contributed by atoms with Crippen LogP contribution in [0.2, 0.25) is 0 Å². The molecule has 3 heteroatoms. The van der Waals surface area contributed by atoms with Crippen molar-refractivity contribution in [3.63, 3.8) is 0 Å². The fraction of sp³-hybridized carbons (Fsp3) is 0. The van der Waals surface area contributed by atoms with E-state index < -0.39 is 0 Å². The summed E-state index contributed by atoms with van der Waals surface area (Å²) in [5, 5.41) is 4.80. The van der Waals surface area contributed by atoms with E-state index in [9.17, 15) is 0 Å². The van der Waals surface area contributed by atoms with Gasteiger partial charge < -0.3 is 4.57 Å². The highest BCUT2D eigenvalue weighted by molar-refractivity contribution is 6.15. The van der Waals surface area contributed by atoms with Crippen molar-refractivity contribution in [1.29, 1.82) is 0 Å². The number of para-hydroxylation sites is 3. The maximum atomic E-state index is 4.87. The van der Waals surface area contributed by atoms with Gasteiger partial charge in [0.05, 0.1) is 16.6 Å². The van der Waals surface area contributed by atoms with Crippen molar-refractivity contribution in [2.75, 3.05) is 0 Å². The topological polar surface area (TPSA) is 22.8 Å². The van der Waals surface area contributed by atoms with Crippen molar-refractivity contribution in [2.24, 2.45) is 0 Å². The molecule has 0 radical (unpaired) electrons. The molecule has 0 atom stereocenters. The van der Waals surface area contributed by atoms with E-state index in [0.717, 1.165) is 33.5 Å². The van der Waals surface area contributed by atoms with Crippen LogP contribution >= 0.6 is 0 Å². The van der Waals surface area contributed by atoms with E-state index in [-0.39, 0.29) is 0 Å². The molecule has 0 fully saturated rings. The largest absolute Gasteiger partial charge is 0.309 e. The minimum Gasteiger partial charge on any atom is -0.309 e. The van der Waals surface area contributed by atoms with Gasteiger partial charge in [-0.2, -0.15) is 0 Å². The van der Waals surface area contributed by atoms with Crippen LogP contribution in [0.15, 0.2) is 212 Å². The predicted molar refractivity (Wildman–Crippen MR) is 235 cm³/mol. The molecule has 0 bridgehead atoms. The molecule has 0 saturated carbocycles. The summed E-state index contributed by atoms with van der Waals surface area (Å²) in [6.07, 6.45) is 1.88. The Balaban J connectivity index is 1.13. The highest BCUT2D eigenvalue weighted by atomic mass is 15.0. The molecule has 0 aliphatic carbocycles. The van der Waals surface area contributed by atoms with Crippen LogP contribution in [0.4, 0.5) is 0 Å². The highest BCUT2D eigenvalue weighted by Crippen LogP contribution is 2.41. The summed E-state index contributed by atoms with van der Waals surface area (Å²) in [6, 6.07) is 74.5. The monoisotopic (exact) mass is 713 g/mol. The van der Waals surface area contributed by atoms with E-state index in [1.165, 1.54) is 66.1 Å². The molecule has 11 rings (SSSR count). The highest BCUT2D eigenvalue weighted by Gasteiger charge is 2.19. The Morgan fingerprint density at radius 3 is 1.62 bits per heavy atom. The zero-order valence-electron chi connectivity index (χ0n) is 30.5. The van der Waals surface area contributed by atoms with Crippen molar-refractivity contribution in [1.82, 2.24) is 14.1 Å². The Bertz CT molecular complexity index is 3170. The van der Waals surface area contributed by atoms with Gasteiger partial charge in [-0.1, -0.05) is 140 Å². The molecule has 0 spiro atoms. The molecule has 56 heavy (non-hydrogen) atoms. The number of hydrogen-bond donors (Lipinski definition) is 0. The van der Waals surface area contributed by atoms with Gasteiger partial charge in [-0.25, -0.2) is 4.98 Å². The number of pyridine rings is 1.